The van der Waals surface area contributed by atoms with Gasteiger partial charge in [-0.3, -0.25) is 9.59 Å². The maximum atomic E-state index is 13.5. The third kappa shape index (κ3) is 3.20. The predicted molar refractivity (Wildman–Crippen MR) is 112 cm³/mol. The highest BCUT2D eigenvalue weighted by Gasteiger charge is 2.56. The fourth-order valence-electron chi connectivity index (χ4n) is 4.30. The molecule has 7 nitrogen and oxygen atoms in total. The van der Waals surface area contributed by atoms with E-state index in [9.17, 15) is 14.4 Å². The topological polar surface area (TPSA) is 87.7 Å². The molecule has 1 aliphatic heterocycles. The first-order valence-electron chi connectivity index (χ1n) is 10.1. The van der Waals surface area contributed by atoms with Crippen LogP contribution in [-0.4, -0.2) is 35.9 Å². The number of ether oxygens (including phenoxy) is 1. The van der Waals surface area contributed by atoms with E-state index in [0.29, 0.717) is 17.9 Å². The van der Waals surface area contributed by atoms with Gasteiger partial charge in [-0.15, -0.1) is 0 Å². The van der Waals surface area contributed by atoms with Gasteiger partial charge in [-0.2, -0.15) is 0 Å². The summed E-state index contributed by atoms with van der Waals surface area (Å²) in [5, 5.41) is 5.67. The molecule has 156 valence electrons. The van der Waals surface area contributed by atoms with Crippen LogP contribution >= 0.6 is 0 Å². The Kier molecular flexibility index (Phi) is 4.97. The molecule has 4 rings (SSSR count). The maximum Gasteiger partial charge on any atom is 0.326 e. The first-order valence-corrected chi connectivity index (χ1v) is 10.1. The first-order chi connectivity index (χ1) is 14.4. The number of hydrogen-bond donors (Lipinski definition) is 2. The summed E-state index contributed by atoms with van der Waals surface area (Å²) in [7, 11) is 1.60. The van der Waals surface area contributed by atoms with Crippen molar-refractivity contribution in [3.63, 3.8) is 0 Å². The fraction of sp³-hybridized carbons (Fsp3) is 0.348. The molecule has 2 N–H and O–H groups in total. The largest absolute Gasteiger partial charge is 0.497 e. The van der Waals surface area contributed by atoms with Crippen LogP contribution in [0.2, 0.25) is 0 Å². The van der Waals surface area contributed by atoms with Crippen molar-refractivity contribution in [1.29, 1.82) is 0 Å². The number of carbonyl (C=O) groups excluding carboxylic acids is 3. The smallest absolute Gasteiger partial charge is 0.326 e. The molecule has 1 spiro atoms. The van der Waals surface area contributed by atoms with Gasteiger partial charge in [-0.25, -0.2) is 9.69 Å². The Bertz CT molecular complexity index is 1020. The predicted octanol–water partition coefficient (Wildman–Crippen LogP) is 3.11. The van der Waals surface area contributed by atoms with E-state index in [0.717, 1.165) is 34.4 Å². The highest BCUT2D eigenvalue weighted by molar-refractivity contribution is 6.11. The van der Waals surface area contributed by atoms with Gasteiger partial charge in [-0.05, 0) is 68.5 Å². The van der Waals surface area contributed by atoms with Gasteiger partial charge in [0, 0.05) is 5.69 Å². The molecule has 0 aromatic heterocycles. The third-order valence-corrected chi connectivity index (χ3v) is 5.98. The van der Waals surface area contributed by atoms with Crippen LogP contribution in [0.3, 0.4) is 0 Å². The molecule has 0 bridgehead atoms. The molecule has 0 radical (unpaired) electrons. The molecule has 1 aliphatic carbocycles. The summed E-state index contributed by atoms with van der Waals surface area (Å²) in [5.74, 6) is -0.0828. The van der Waals surface area contributed by atoms with Gasteiger partial charge in [0.25, 0.3) is 5.91 Å². The number of fused-ring (bicyclic) bond motifs is 2. The average molecular weight is 407 g/mol. The van der Waals surface area contributed by atoms with Gasteiger partial charge in [0.15, 0.2) is 0 Å². The summed E-state index contributed by atoms with van der Waals surface area (Å²) >= 11 is 0. The van der Waals surface area contributed by atoms with Crippen LogP contribution in [0, 0.1) is 6.92 Å². The first kappa shape index (κ1) is 19.9. The van der Waals surface area contributed by atoms with Gasteiger partial charge in [0.1, 0.15) is 17.3 Å². The van der Waals surface area contributed by atoms with Gasteiger partial charge in [-0.1, -0.05) is 23.8 Å². The molecule has 0 saturated carbocycles. The summed E-state index contributed by atoms with van der Waals surface area (Å²) in [4.78, 5) is 40.1. The summed E-state index contributed by atoms with van der Waals surface area (Å²) in [6.07, 6.45) is 2.06. The van der Waals surface area contributed by atoms with Crippen molar-refractivity contribution in [2.24, 2.45) is 0 Å². The molecular formula is C23H25N3O4. The quantitative estimate of drug-likeness (QED) is 0.763. The lowest BCUT2D eigenvalue weighted by atomic mass is 9.76. The molecule has 4 amide bonds. The number of anilines is 1. The molecule has 1 heterocycles. The standard InChI is InChI=1S/C23H25N3O4/c1-14-6-8-17(9-7-14)24-20(27)15(2)26-21(28)23(25-22(26)29)12-4-5-16-13-18(30-3)10-11-19(16)23/h6-11,13,15H,4-5,12H2,1-3H3,(H,24,27)(H,25,29)/t15-,23-/m0/s1. The minimum Gasteiger partial charge on any atom is -0.497 e. The highest BCUT2D eigenvalue weighted by atomic mass is 16.5. The summed E-state index contributed by atoms with van der Waals surface area (Å²) in [5.41, 5.74) is 2.32. The number of carbonyl (C=O) groups is 3. The van der Waals surface area contributed by atoms with Crippen molar-refractivity contribution in [3.05, 3.63) is 59.2 Å². The molecule has 7 heteroatoms. The maximum absolute atomic E-state index is 13.5. The number of urea groups is 1. The van der Waals surface area contributed by atoms with Gasteiger partial charge >= 0.3 is 6.03 Å². The van der Waals surface area contributed by atoms with Crippen LogP contribution in [0.5, 0.6) is 5.75 Å². The number of aryl methyl sites for hydroxylation is 2. The minimum atomic E-state index is -1.13. The second kappa shape index (κ2) is 7.48. The molecule has 2 atom stereocenters. The Hall–Kier alpha value is -3.35. The lowest BCUT2D eigenvalue weighted by molar-refractivity contribution is -0.137. The van der Waals surface area contributed by atoms with E-state index in [4.69, 9.17) is 4.74 Å². The van der Waals surface area contributed by atoms with Crippen LogP contribution in [0.15, 0.2) is 42.5 Å². The van der Waals surface area contributed by atoms with Crippen LogP contribution in [0.25, 0.3) is 0 Å². The zero-order chi connectivity index (χ0) is 21.5. The third-order valence-electron chi connectivity index (χ3n) is 5.98. The number of nitrogens with one attached hydrogen (secondary N) is 2. The summed E-state index contributed by atoms with van der Waals surface area (Å²) in [6, 6.07) is 11.4. The van der Waals surface area contributed by atoms with Gasteiger partial charge in [0.2, 0.25) is 5.91 Å². The Morgan fingerprint density at radius 2 is 1.93 bits per heavy atom. The number of methoxy groups -OCH3 is 1. The SMILES string of the molecule is COc1ccc2c(c1)CCC[C@]21NC(=O)N([C@@H](C)C(=O)Nc2ccc(C)cc2)C1=O. The highest BCUT2D eigenvalue weighted by Crippen LogP contribution is 2.41. The molecule has 1 fully saturated rings. The van der Waals surface area contributed by atoms with E-state index in [2.05, 4.69) is 10.6 Å². The normalized spacial score (nSPS) is 21.2. The van der Waals surface area contributed by atoms with Gasteiger partial charge < -0.3 is 15.4 Å². The molecule has 0 unspecified atom stereocenters. The van der Waals surface area contributed by atoms with E-state index >= 15 is 0 Å². The number of rotatable bonds is 4. The van der Waals surface area contributed by atoms with Crippen LogP contribution in [-0.2, 0) is 21.5 Å². The van der Waals surface area contributed by atoms with Crippen molar-refractivity contribution >= 4 is 23.5 Å². The Morgan fingerprint density at radius 3 is 2.63 bits per heavy atom. The van der Waals surface area contributed by atoms with E-state index in [1.807, 2.05) is 31.2 Å². The molecule has 2 aliphatic rings. The summed E-state index contributed by atoms with van der Waals surface area (Å²) in [6.45, 7) is 3.52. The van der Waals surface area contributed by atoms with Crippen molar-refractivity contribution < 1.29 is 19.1 Å². The van der Waals surface area contributed by atoms with Crippen molar-refractivity contribution in [2.45, 2.75) is 44.7 Å². The van der Waals surface area contributed by atoms with E-state index in [-0.39, 0.29) is 5.91 Å². The van der Waals surface area contributed by atoms with Crippen molar-refractivity contribution in [1.82, 2.24) is 10.2 Å². The molecule has 2 aromatic carbocycles. The Morgan fingerprint density at radius 1 is 1.20 bits per heavy atom. The van der Waals surface area contributed by atoms with Crippen LogP contribution < -0.4 is 15.4 Å². The lowest BCUT2D eigenvalue weighted by Crippen LogP contribution is -2.49. The van der Waals surface area contributed by atoms with Crippen LogP contribution in [0.4, 0.5) is 10.5 Å². The van der Waals surface area contributed by atoms with E-state index in [1.165, 1.54) is 0 Å². The minimum absolute atomic E-state index is 0.384. The molecule has 2 aromatic rings. The number of benzene rings is 2. The van der Waals surface area contributed by atoms with E-state index in [1.54, 1.807) is 32.2 Å². The summed E-state index contributed by atoms with van der Waals surface area (Å²) < 4.78 is 5.30. The number of hydrogen-bond acceptors (Lipinski definition) is 4. The zero-order valence-corrected chi connectivity index (χ0v) is 17.3. The van der Waals surface area contributed by atoms with Crippen LogP contribution in [0.1, 0.15) is 36.5 Å². The monoisotopic (exact) mass is 407 g/mol. The number of amides is 4. The lowest BCUT2D eigenvalue weighted by Gasteiger charge is -2.34. The van der Waals surface area contributed by atoms with Gasteiger partial charge in [0.05, 0.1) is 7.11 Å². The van der Waals surface area contributed by atoms with Crippen molar-refractivity contribution in [2.75, 3.05) is 12.4 Å². The second-order valence-electron chi connectivity index (χ2n) is 7.92. The second-order valence-corrected chi connectivity index (χ2v) is 7.92. The Balaban J connectivity index is 1.60. The number of nitrogens with zero attached hydrogens (tertiary/aromatic N) is 1. The molecule has 1 saturated heterocycles. The number of imide groups is 1. The average Bonchev–Trinajstić information content (AvgIpc) is 2.98. The molecule has 30 heavy (non-hydrogen) atoms. The Labute approximate surface area is 175 Å². The fourth-order valence-corrected chi connectivity index (χ4v) is 4.30. The van der Waals surface area contributed by atoms with Crippen molar-refractivity contribution in [3.8, 4) is 5.75 Å². The molecular weight excluding hydrogens is 382 g/mol. The van der Waals surface area contributed by atoms with E-state index < -0.39 is 23.5 Å². The zero-order valence-electron chi connectivity index (χ0n) is 17.3.